The number of tetrazole rings is 1. The number of rotatable bonds is 5. The second-order valence-electron chi connectivity index (χ2n) is 4.86. The van der Waals surface area contributed by atoms with E-state index in [0.29, 0.717) is 18.0 Å². The second-order valence-corrected chi connectivity index (χ2v) is 4.86. The molecule has 0 spiro atoms. The van der Waals surface area contributed by atoms with Crippen molar-refractivity contribution in [1.82, 2.24) is 20.2 Å². The monoisotopic (exact) mass is 331 g/mol. The lowest BCUT2D eigenvalue weighted by molar-refractivity contribution is -0.386. The average Bonchev–Trinajstić information content (AvgIpc) is 2.92. The number of alkyl halides is 3. The molecule has 8 nitrogen and oxygen atoms in total. The Morgan fingerprint density at radius 3 is 2.65 bits per heavy atom. The van der Waals surface area contributed by atoms with E-state index >= 15 is 0 Å². The molecule has 1 aromatic heterocycles. The van der Waals surface area contributed by atoms with E-state index in [1.807, 2.05) is 13.8 Å². The molecule has 0 saturated carbocycles. The van der Waals surface area contributed by atoms with Gasteiger partial charge in [0.25, 0.3) is 0 Å². The molecule has 2 aromatic rings. The smallest absolute Gasteiger partial charge is 0.416 e. The Hall–Kier alpha value is -2.72. The maximum atomic E-state index is 12.6. The van der Waals surface area contributed by atoms with E-state index in [4.69, 9.17) is 4.74 Å². The highest BCUT2D eigenvalue weighted by molar-refractivity contribution is 5.49. The Bertz CT molecular complexity index is 714. The molecule has 23 heavy (non-hydrogen) atoms. The highest BCUT2D eigenvalue weighted by Crippen LogP contribution is 2.36. The van der Waals surface area contributed by atoms with Gasteiger partial charge in [-0.05, 0) is 36.4 Å². The molecule has 0 saturated heterocycles. The van der Waals surface area contributed by atoms with E-state index in [1.165, 1.54) is 4.68 Å². The van der Waals surface area contributed by atoms with Gasteiger partial charge in [0.15, 0.2) is 11.6 Å². The van der Waals surface area contributed by atoms with Crippen molar-refractivity contribution in [3.8, 4) is 5.75 Å². The highest BCUT2D eigenvalue weighted by atomic mass is 19.4. The Morgan fingerprint density at radius 1 is 1.39 bits per heavy atom. The van der Waals surface area contributed by atoms with Crippen LogP contribution in [0.5, 0.6) is 5.75 Å². The number of aromatic nitrogens is 4. The molecule has 0 aliphatic heterocycles. The van der Waals surface area contributed by atoms with Gasteiger partial charge < -0.3 is 4.74 Å². The van der Waals surface area contributed by atoms with Crippen LogP contribution in [-0.4, -0.2) is 25.1 Å². The first-order valence-corrected chi connectivity index (χ1v) is 6.45. The van der Waals surface area contributed by atoms with Gasteiger partial charge in [-0.25, -0.2) is 4.68 Å². The lowest BCUT2D eigenvalue weighted by Gasteiger charge is -2.11. The van der Waals surface area contributed by atoms with Crippen LogP contribution in [0.25, 0.3) is 0 Å². The quantitative estimate of drug-likeness (QED) is 0.617. The van der Waals surface area contributed by atoms with Crippen molar-refractivity contribution in [2.45, 2.75) is 32.7 Å². The summed E-state index contributed by atoms with van der Waals surface area (Å²) >= 11 is 0. The molecular formula is C12H12F3N5O3. The zero-order chi connectivity index (χ0) is 17.2. The van der Waals surface area contributed by atoms with Gasteiger partial charge in [-0.3, -0.25) is 10.1 Å². The fourth-order valence-corrected chi connectivity index (χ4v) is 1.81. The number of nitrogens with zero attached hydrogens (tertiary/aromatic N) is 5. The van der Waals surface area contributed by atoms with Gasteiger partial charge in [-0.1, -0.05) is 0 Å². The van der Waals surface area contributed by atoms with Crippen molar-refractivity contribution in [2.24, 2.45) is 0 Å². The van der Waals surface area contributed by atoms with Crippen LogP contribution in [0.4, 0.5) is 18.9 Å². The van der Waals surface area contributed by atoms with Crippen LogP contribution in [0.15, 0.2) is 18.2 Å². The van der Waals surface area contributed by atoms with Crippen LogP contribution in [0, 0.1) is 10.1 Å². The molecule has 0 amide bonds. The molecule has 0 aliphatic carbocycles. The van der Waals surface area contributed by atoms with Crippen LogP contribution in [-0.2, 0) is 12.8 Å². The van der Waals surface area contributed by atoms with Crippen LogP contribution in [0.2, 0.25) is 0 Å². The largest absolute Gasteiger partial charge is 0.479 e. The first-order chi connectivity index (χ1) is 10.7. The summed E-state index contributed by atoms with van der Waals surface area (Å²) in [7, 11) is 0. The molecule has 2 rings (SSSR count). The van der Waals surface area contributed by atoms with Crippen molar-refractivity contribution in [1.29, 1.82) is 0 Å². The summed E-state index contributed by atoms with van der Waals surface area (Å²) in [6, 6.07) is 1.99. The fourth-order valence-electron chi connectivity index (χ4n) is 1.81. The summed E-state index contributed by atoms with van der Waals surface area (Å²) in [5.41, 5.74) is -1.90. The van der Waals surface area contributed by atoms with E-state index in [9.17, 15) is 23.3 Å². The Kier molecular flexibility index (Phi) is 4.48. The van der Waals surface area contributed by atoms with Crippen molar-refractivity contribution in [3.63, 3.8) is 0 Å². The van der Waals surface area contributed by atoms with Gasteiger partial charge in [0.05, 0.1) is 16.5 Å². The third kappa shape index (κ3) is 3.73. The molecule has 0 N–H and O–H groups in total. The number of nitro groups is 1. The standard InChI is InChI=1S/C12H12F3N5O3/c1-7(2)19-11(16-17-18-19)6-23-10-4-3-8(12(13,14)15)5-9(10)20(21)22/h3-5,7H,6H2,1-2H3. The average molecular weight is 331 g/mol. The zero-order valence-corrected chi connectivity index (χ0v) is 12.1. The van der Waals surface area contributed by atoms with Gasteiger partial charge >= 0.3 is 11.9 Å². The molecule has 0 unspecified atom stereocenters. The molecule has 11 heteroatoms. The minimum atomic E-state index is -4.68. The number of hydrogen-bond donors (Lipinski definition) is 0. The maximum Gasteiger partial charge on any atom is 0.416 e. The number of ether oxygens (including phenoxy) is 1. The Labute approximate surface area is 128 Å². The number of hydrogen-bond acceptors (Lipinski definition) is 6. The maximum absolute atomic E-state index is 12.6. The molecule has 1 heterocycles. The molecule has 0 fully saturated rings. The van der Waals surface area contributed by atoms with Crippen LogP contribution in [0.1, 0.15) is 31.3 Å². The molecular weight excluding hydrogens is 319 g/mol. The summed E-state index contributed by atoms with van der Waals surface area (Å²) < 4.78 is 44.5. The van der Waals surface area contributed by atoms with E-state index in [0.717, 1.165) is 6.07 Å². The topological polar surface area (TPSA) is 96.0 Å². The van der Waals surface area contributed by atoms with Crippen LogP contribution >= 0.6 is 0 Å². The van der Waals surface area contributed by atoms with Gasteiger partial charge in [0.1, 0.15) is 6.61 Å². The molecule has 0 bridgehead atoms. The summed E-state index contributed by atoms with van der Waals surface area (Å²) in [4.78, 5) is 10.0. The first kappa shape index (κ1) is 16.6. The molecule has 0 aliphatic rings. The second kappa shape index (κ2) is 6.18. The third-order valence-electron chi connectivity index (χ3n) is 2.89. The van der Waals surface area contributed by atoms with Crippen molar-refractivity contribution >= 4 is 5.69 Å². The van der Waals surface area contributed by atoms with E-state index in [-0.39, 0.29) is 18.4 Å². The van der Waals surface area contributed by atoms with Gasteiger partial charge in [-0.2, -0.15) is 13.2 Å². The summed E-state index contributed by atoms with van der Waals surface area (Å²) in [5, 5.41) is 21.8. The minimum Gasteiger partial charge on any atom is -0.479 e. The molecule has 124 valence electrons. The van der Waals surface area contributed by atoms with Crippen LogP contribution < -0.4 is 4.74 Å². The number of benzene rings is 1. The highest BCUT2D eigenvalue weighted by Gasteiger charge is 2.33. The third-order valence-corrected chi connectivity index (χ3v) is 2.89. The normalized spacial score (nSPS) is 11.7. The van der Waals surface area contributed by atoms with Crippen LogP contribution in [0.3, 0.4) is 0 Å². The molecule has 1 aromatic carbocycles. The van der Waals surface area contributed by atoms with Crippen molar-refractivity contribution in [2.75, 3.05) is 0 Å². The number of nitro benzene ring substituents is 1. The summed E-state index contributed by atoms with van der Waals surface area (Å²) in [5.74, 6) is 0.00972. The lowest BCUT2D eigenvalue weighted by Crippen LogP contribution is -2.11. The molecule has 0 radical (unpaired) electrons. The summed E-state index contributed by atoms with van der Waals surface area (Å²) in [6.45, 7) is 3.43. The predicted octanol–water partition coefficient (Wildman–Crippen LogP) is 2.76. The van der Waals surface area contributed by atoms with Gasteiger partial charge in [-0.15, -0.1) is 5.10 Å². The van der Waals surface area contributed by atoms with Crippen molar-refractivity contribution < 1.29 is 22.8 Å². The van der Waals surface area contributed by atoms with E-state index < -0.39 is 22.4 Å². The Balaban J connectivity index is 2.26. The minimum absolute atomic E-state index is 0.0637. The van der Waals surface area contributed by atoms with Gasteiger partial charge in [0, 0.05) is 6.07 Å². The Morgan fingerprint density at radius 2 is 2.09 bits per heavy atom. The number of halogens is 3. The zero-order valence-electron chi connectivity index (χ0n) is 12.1. The van der Waals surface area contributed by atoms with E-state index in [1.54, 1.807) is 0 Å². The fraction of sp³-hybridized carbons (Fsp3) is 0.417. The lowest BCUT2D eigenvalue weighted by atomic mass is 10.2. The first-order valence-electron chi connectivity index (χ1n) is 6.45. The SMILES string of the molecule is CC(C)n1nnnc1COc1ccc(C(F)(F)F)cc1[N+](=O)[O-]. The predicted molar refractivity (Wildman–Crippen MR) is 70.6 cm³/mol. The molecule has 0 atom stereocenters. The van der Waals surface area contributed by atoms with Gasteiger partial charge in [0.2, 0.25) is 0 Å². The summed E-state index contributed by atoms with van der Waals surface area (Å²) in [6.07, 6.45) is -4.68. The van der Waals surface area contributed by atoms with E-state index in [2.05, 4.69) is 15.5 Å². The van der Waals surface area contributed by atoms with Crippen molar-refractivity contribution in [3.05, 3.63) is 39.7 Å².